The number of carbonyl (C=O) groups is 1. The van der Waals surface area contributed by atoms with Gasteiger partial charge in [0.1, 0.15) is 0 Å². The van der Waals surface area contributed by atoms with Crippen molar-refractivity contribution in [2.45, 2.75) is 19.4 Å². The Balaban J connectivity index is 2.95. The maximum atomic E-state index is 11.9. The second-order valence-corrected chi connectivity index (χ2v) is 5.62. The lowest BCUT2D eigenvalue weighted by Gasteiger charge is -2.19. The molecule has 1 N–H and O–H groups in total. The predicted octanol–water partition coefficient (Wildman–Crippen LogP) is 3.35. The minimum Gasteiger partial charge on any atom is -0.336 e. The van der Waals surface area contributed by atoms with Crippen molar-refractivity contribution >= 4 is 37.8 Å². The van der Waals surface area contributed by atoms with Gasteiger partial charge in [-0.1, -0.05) is 21.9 Å². The van der Waals surface area contributed by atoms with Gasteiger partial charge in [-0.05, 0) is 48.0 Å². The number of benzene rings is 1. The summed E-state index contributed by atoms with van der Waals surface area (Å²) in [6, 6.07) is 5.36. The molecule has 0 spiro atoms. The third-order valence-electron chi connectivity index (χ3n) is 1.96. The lowest BCUT2D eigenvalue weighted by atomic mass is 10.1. The van der Waals surface area contributed by atoms with Crippen molar-refractivity contribution < 1.29 is 4.79 Å². The van der Waals surface area contributed by atoms with E-state index in [9.17, 15) is 4.79 Å². The molecule has 0 unspecified atom stereocenters. The zero-order valence-electron chi connectivity index (χ0n) is 8.97. The molecule has 0 aromatic heterocycles. The molecule has 0 aliphatic carbocycles. The second kappa shape index (κ2) is 5.03. The van der Waals surface area contributed by atoms with E-state index < -0.39 is 5.54 Å². The highest BCUT2D eigenvalue weighted by atomic mass is 79.9. The largest absolute Gasteiger partial charge is 0.336 e. The first-order valence-corrected chi connectivity index (χ1v) is 6.19. The Kier molecular flexibility index (Phi) is 4.17. The zero-order chi connectivity index (χ0) is 12.3. The van der Waals surface area contributed by atoms with Gasteiger partial charge < -0.3 is 5.32 Å². The minimum atomic E-state index is -0.649. The van der Waals surface area contributed by atoms with Crippen LogP contribution in [0.2, 0.25) is 0 Å². The van der Waals surface area contributed by atoms with E-state index in [4.69, 9.17) is 6.42 Å². The van der Waals surface area contributed by atoms with E-state index in [1.54, 1.807) is 19.9 Å². The van der Waals surface area contributed by atoms with Crippen LogP contribution in [0.5, 0.6) is 0 Å². The number of carbonyl (C=O) groups excluding carboxylic acids is 1. The van der Waals surface area contributed by atoms with E-state index in [0.29, 0.717) is 5.56 Å². The van der Waals surface area contributed by atoms with Crippen molar-refractivity contribution in [1.29, 1.82) is 0 Å². The van der Waals surface area contributed by atoms with Crippen LogP contribution in [0, 0.1) is 12.3 Å². The summed E-state index contributed by atoms with van der Waals surface area (Å²) in [6.45, 7) is 3.55. The Morgan fingerprint density at radius 1 is 1.44 bits per heavy atom. The first-order chi connectivity index (χ1) is 7.35. The normalized spacial score (nSPS) is 10.7. The van der Waals surface area contributed by atoms with Gasteiger partial charge in [0, 0.05) is 8.95 Å². The minimum absolute atomic E-state index is 0.192. The molecule has 1 rings (SSSR count). The molecule has 1 aromatic rings. The lowest BCUT2D eigenvalue weighted by molar-refractivity contribution is 0.0929. The maximum Gasteiger partial charge on any atom is 0.253 e. The fraction of sp³-hybridized carbons (Fsp3) is 0.250. The van der Waals surface area contributed by atoms with Crippen LogP contribution in [-0.2, 0) is 0 Å². The summed E-state index contributed by atoms with van der Waals surface area (Å²) in [5, 5.41) is 2.76. The van der Waals surface area contributed by atoms with Gasteiger partial charge in [0.2, 0.25) is 0 Å². The number of hydrogen-bond donors (Lipinski definition) is 1. The van der Waals surface area contributed by atoms with Crippen LogP contribution in [0.15, 0.2) is 27.1 Å². The van der Waals surface area contributed by atoms with E-state index in [0.717, 1.165) is 8.95 Å². The average molecular weight is 345 g/mol. The number of terminal acetylenes is 1. The Bertz CT molecular complexity index is 461. The van der Waals surface area contributed by atoms with Gasteiger partial charge in [-0.25, -0.2) is 0 Å². The average Bonchev–Trinajstić information content (AvgIpc) is 2.16. The standard InChI is InChI=1S/C12H11Br2NO/c1-4-12(2,3)15-11(16)9-6-5-8(13)7-10(9)14/h1,5-7H,2-3H3,(H,15,16). The molecule has 0 aliphatic heterocycles. The number of halogens is 2. The van der Waals surface area contributed by atoms with Crippen molar-refractivity contribution in [3.8, 4) is 12.3 Å². The molecule has 2 nitrogen and oxygen atoms in total. The van der Waals surface area contributed by atoms with E-state index in [1.807, 2.05) is 12.1 Å². The fourth-order valence-corrected chi connectivity index (χ4v) is 2.29. The van der Waals surface area contributed by atoms with Gasteiger partial charge in [-0.3, -0.25) is 4.79 Å². The summed E-state index contributed by atoms with van der Waals surface area (Å²) in [5.41, 5.74) is -0.0876. The summed E-state index contributed by atoms with van der Waals surface area (Å²) < 4.78 is 1.64. The molecule has 0 radical (unpaired) electrons. The summed E-state index contributed by atoms with van der Waals surface area (Å²) in [4.78, 5) is 11.9. The highest BCUT2D eigenvalue weighted by Gasteiger charge is 2.19. The second-order valence-electron chi connectivity index (χ2n) is 3.85. The molecular formula is C12H11Br2NO. The predicted molar refractivity (Wildman–Crippen MR) is 72.2 cm³/mol. The molecule has 0 saturated heterocycles. The maximum absolute atomic E-state index is 11.9. The third kappa shape index (κ3) is 3.36. The quantitative estimate of drug-likeness (QED) is 0.819. The van der Waals surface area contributed by atoms with Crippen LogP contribution in [-0.4, -0.2) is 11.4 Å². The Morgan fingerprint density at radius 2 is 2.06 bits per heavy atom. The van der Waals surface area contributed by atoms with Crippen LogP contribution < -0.4 is 5.32 Å². The number of rotatable bonds is 2. The van der Waals surface area contributed by atoms with Gasteiger partial charge >= 0.3 is 0 Å². The molecule has 84 valence electrons. The monoisotopic (exact) mass is 343 g/mol. The lowest BCUT2D eigenvalue weighted by Crippen LogP contribution is -2.42. The van der Waals surface area contributed by atoms with Crippen molar-refractivity contribution in [2.24, 2.45) is 0 Å². The fourth-order valence-electron chi connectivity index (χ4n) is 1.06. The molecule has 0 heterocycles. The first-order valence-electron chi connectivity index (χ1n) is 4.61. The Hall–Kier alpha value is -0.790. The van der Waals surface area contributed by atoms with Crippen molar-refractivity contribution in [3.63, 3.8) is 0 Å². The molecule has 0 atom stereocenters. The van der Waals surface area contributed by atoms with Crippen LogP contribution in [0.1, 0.15) is 24.2 Å². The van der Waals surface area contributed by atoms with Crippen LogP contribution >= 0.6 is 31.9 Å². The molecular weight excluding hydrogens is 334 g/mol. The van der Waals surface area contributed by atoms with Crippen LogP contribution in [0.3, 0.4) is 0 Å². The molecule has 0 bridgehead atoms. The molecule has 4 heteroatoms. The molecule has 1 amide bonds. The van der Waals surface area contributed by atoms with E-state index >= 15 is 0 Å². The van der Waals surface area contributed by atoms with Gasteiger partial charge in [-0.15, -0.1) is 6.42 Å². The Labute approximate surface area is 112 Å². The van der Waals surface area contributed by atoms with Crippen LogP contribution in [0.4, 0.5) is 0 Å². The number of hydrogen-bond acceptors (Lipinski definition) is 1. The molecule has 16 heavy (non-hydrogen) atoms. The van der Waals surface area contributed by atoms with Gasteiger partial charge in [0.25, 0.3) is 5.91 Å². The SMILES string of the molecule is C#CC(C)(C)NC(=O)c1ccc(Br)cc1Br. The van der Waals surface area contributed by atoms with Crippen molar-refractivity contribution in [1.82, 2.24) is 5.32 Å². The Morgan fingerprint density at radius 3 is 2.56 bits per heavy atom. The molecule has 0 fully saturated rings. The van der Waals surface area contributed by atoms with Gasteiger partial charge in [0.05, 0.1) is 11.1 Å². The zero-order valence-corrected chi connectivity index (χ0v) is 12.1. The highest BCUT2D eigenvalue weighted by molar-refractivity contribution is 9.11. The number of nitrogens with one attached hydrogen (secondary N) is 1. The molecule has 0 saturated carbocycles. The number of amides is 1. The highest BCUT2D eigenvalue weighted by Crippen LogP contribution is 2.22. The van der Waals surface area contributed by atoms with E-state index in [2.05, 4.69) is 43.1 Å². The third-order valence-corrected chi connectivity index (χ3v) is 3.11. The van der Waals surface area contributed by atoms with Crippen molar-refractivity contribution in [2.75, 3.05) is 0 Å². The summed E-state index contributed by atoms with van der Waals surface area (Å²) in [7, 11) is 0. The van der Waals surface area contributed by atoms with Gasteiger partial charge in [0.15, 0.2) is 0 Å². The summed E-state index contributed by atoms with van der Waals surface area (Å²) in [5.74, 6) is 2.32. The van der Waals surface area contributed by atoms with Gasteiger partial charge in [-0.2, -0.15) is 0 Å². The van der Waals surface area contributed by atoms with Crippen molar-refractivity contribution in [3.05, 3.63) is 32.7 Å². The summed E-state index contributed by atoms with van der Waals surface area (Å²) >= 11 is 6.66. The smallest absolute Gasteiger partial charge is 0.253 e. The van der Waals surface area contributed by atoms with E-state index in [-0.39, 0.29) is 5.91 Å². The summed E-state index contributed by atoms with van der Waals surface area (Å²) in [6.07, 6.45) is 5.31. The first kappa shape index (κ1) is 13.3. The van der Waals surface area contributed by atoms with E-state index in [1.165, 1.54) is 0 Å². The van der Waals surface area contributed by atoms with Crippen LogP contribution in [0.25, 0.3) is 0 Å². The molecule has 0 aliphatic rings. The molecule has 1 aromatic carbocycles. The topological polar surface area (TPSA) is 29.1 Å².